The van der Waals surface area contributed by atoms with Crippen LogP contribution in [0.25, 0.3) is 0 Å². The molecule has 2 aliphatic rings. The highest BCUT2D eigenvalue weighted by molar-refractivity contribution is 4.89. The fraction of sp³-hybridized carbons (Fsp3) is 1.00. The summed E-state index contributed by atoms with van der Waals surface area (Å²) in [5.41, 5.74) is 0. The van der Waals surface area contributed by atoms with E-state index in [4.69, 9.17) is 0 Å². The van der Waals surface area contributed by atoms with Crippen molar-refractivity contribution in [1.82, 2.24) is 0 Å². The molecule has 0 aliphatic heterocycles. The number of fused-ring (bicyclic) bond motifs is 1. The molecule has 0 aromatic carbocycles. The van der Waals surface area contributed by atoms with E-state index in [2.05, 4.69) is 5.18 Å². The summed E-state index contributed by atoms with van der Waals surface area (Å²) in [4.78, 5) is 10.3. The van der Waals surface area contributed by atoms with Crippen molar-refractivity contribution in [3.63, 3.8) is 0 Å². The van der Waals surface area contributed by atoms with Gasteiger partial charge in [0.15, 0.2) is 0 Å². The fourth-order valence-corrected chi connectivity index (χ4v) is 2.29. The Morgan fingerprint density at radius 2 is 1.82 bits per heavy atom. The predicted octanol–water partition coefficient (Wildman–Crippen LogP) is 2.72. The number of rotatable bonds is 1. The van der Waals surface area contributed by atoms with Gasteiger partial charge in [-0.15, -0.1) is 0 Å². The smallest absolute Gasteiger partial charge is 0.0919 e. The molecule has 0 saturated heterocycles. The maximum absolute atomic E-state index is 10.3. The molecule has 2 aliphatic carbocycles. The zero-order valence-corrected chi connectivity index (χ0v) is 6.83. The number of hydrogen-bond donors (Lipinski definition) is 0. The Balaban J connectivity index is 1.85. The lowest BCUT2D eigenvalue weighted by Crippen LogP contribution is -2.06. The van der Waals surface area contributed by atoms with Crippen molar-refractivity contribution < 1.29 is 0 Å². The van der Waals surface area contributed by atoms with Crippen LogP contribution in [0.3, 0.4) is 0 Å². The van der Waals surface area contributed by atoms with Crippen LogP contribution in [0.1, 0.15) is 38.5 Å². The Morgan fingerprint density at radius 1 is 1.00 bits per heavy atom. The van der Waals surface area contributed by atoms with Gasteiger partial charge in [0.2, 0.25) is 0 Å². The summed E-state index contributed by atoms with van der Waals surface area (Å²) < 4.78 is 0. The third-order valence-electron chi connectivity index (χ3n) is 3.20. The van der Waals surface area contributed by atoms with Crippen LogP contribution >= 0.6 is 0 Å². The van der Waals surface area contributed by atoms with Crippen molar-refractivity contribution in [2.45, 2.75) is 44.6 Å². The SMILES string of the molecule is O=NC1CCCC2CC2CC1. The molecular formula is C9H15NO. The molecule has 0 bridgehead atoms. The van der Waals surface area contributed by atoms with Crippen molar-refractivity contribution in [2.24, 2.45) is 17.0 Å². The summed E-state index contributed by atoms with van der Waals surface area (Å²) >= 11 is 0. The summed E-state index contributed by atoms with van der Waals surface area (Å²) in [6.07, 6.45) is 7.40. The molecule has 2 saturated carbocycles. The van der Waals surface area contributed by atoms with E-state index in [1.807, 2.05) is 0 Å². The van der Waals surface area contributed by atoms with Gasteiger partial charge in [-0.25, -0.2) is 0 Å². The summed E-state index contributed by atoms with van der Waals surface area (Å²) in [7, 11) is 0. The molecule has 3 atom stereocenters. The maximum Gasteiger partial charge on any atom is 0.0919 e. The fourth-order valence-electron chi connectivity index (χ4n) is 2.29. The van der Waals surface area contributed by atoms with E-state index in [1.54, 1.807) is 0 Å². The van der Waals surface area contributed by atoms with E-state index >= 15 is 0 Å². The Hall–Kier alpha value is -0.400. The van der Waals surface area contributed by atoms with E-state index in [-0.39, 0.29) is 6.04 Å². The standard InChI is InChI=1S/C9H15NO/c11-10-9-3-1-2-7-6-8(7)4-5-9/h7-9H,1-6H2. The first-order chi connectivity index (χ1) is 5.40. The molecule has 0 N–H and O–H groups in total. The molecule has 11 heavy (non-hydrogen) atoms. The second-order valence-electron chi connectivity index (χ2n) is 4.02. The minimum atomic E-state index is 0.150. The van der Waals surface area contributed by atoms with Gasteiger partial charge in [-0.3, -0.25) is 0 Å². The monoisotopic (exact) mass is 153 g/mol. The number of hydrogen-bond acceptors (Lipinski definition) is 2. The number of nitrogens with zero attached hydrogens (tertiary/aromatic N) is 1. The summed E-state index contributed by atoms with van der Waals surface area (Å²) in [6.45, 7) is 0. The molecule has 62 valence electrons. The Morgan fingerprint density at radius 3 is 2.64 bits per heavy atom. The van der Waals surface area contributed by atoms with Crippen molar-refractivity contribution in [3.8, 4) is 0 Å². The van der Waals surface area contributed by atoms with E-state index < -0.39 is 0 Å². The molecule has 2 rings (SSSR count). The maximum atomic E-state index is 10.3. The molecule has 2 nitrogen and oxygen atoms in total. The summed E-state index contributed by atoms with van der Waals surface area (Å²) in [5, 5.41) is 3.15. The lowest BCUT2D eigenvalue weighted by molar-refractivity contribution is 0.439. The molecule has 0 radical (unpaired) electrons. The average molecular weight is 153 g/mol. The first-order valence-corrected chi connectivity index (χ1v) is 4.72. The zero-order chi connectivity index (χ0) is 7.68. The van der Waals surface area contributed by atoms with Gasteiger partial charge >= 0.3 is 0 Å². The van der Waals surface area contributed by atoms with Crippen molar-refractivity contribution in [2.75, 3.05) is 0 Å². The third-order valence-corrected chi connectivity index (χ3v) is 3.20. The highest BCUT2D eigenvalue weighted by atomic mass is 16.3. The highest BCUT2D eigenvalue weighted by Gasteiger charge is 2.37. The minimum Gasteiger partial charge on any atom is -0.151 e. The van der Waals surface area contributed by atoms with Gasteiger partial charge in [0.1, 0.15) is 0 Å². The van der Waals surface area contributed by atoms with Gasteiger partial charge in [0.25, 0.3) is 0 Å². The molecule has 2 fully saturated rings. The first kappa shape index (κ1) is 7.26. The molecule has 3 unspecified atom stereocenters. The Kier molecular flexibility index (Phi) is 1.93. The normalized spacial score (nSPS) is 43.5. The summed E-state index contributed by atoms with van der Waals surface area (Å²) in [5.74, 6) is 2.00. The quantitative estimate of drug-likeness (QED) is 0.532. The van der Waals surface area contributed by atoms with Gasteiger partial charge in [0, 0.05) is 0 Å². The average Bonchev–Trinajstić information content (AvgIpc) is 2.68. The van der Waals surface area contributed by atoms with E-state index in [1.165, 1.54) is 25.7 Å². The van der Waals surface area contributed by atoms with Gasteiger partial charge in [-0.2, -0.15) is 4.91 Å². The van der Waals surface area contributed by atoms with E-state index in [0.717, 1.165) is 24.7 Å². The molecule has 0 spiro atoms. The van der Waals surface area contributed by atoms with Crippen LogP contribution in [-0.4, -0.2) is 6.04 Å². The number of nitroso groups, excluding NO2 is 1. The molecule has 0 aromatic heterocycles. The van der Waals surface area contributed by atoms with Crippen LogP contribution in [0.15, 0.2) is 5.18 Å². The predicted molar refractivity (Wildman–Crippen MR) is 44.3 cm³/mol. The van der Waals surface area contributed by atoms with Gasteiger partial charge in [-0.05, 0) is 37.5 Å². The van der Waals surface area contributed by atoms with Crippen molar-refractivity contribution >= 4 is 0 Å². The van der Waals surface area contributed by atoms with Crippen LogP contribution in [0, 0.1) is 16.7 Å². The Labute approximate surface area is 67.3 Å². The van der Waals surface area contributed by atoms with Gasteiger partial charge in [0.05, 0.1) is 6.04 Å². The molecule has 0 heterocycles. The second-order valence-corrected chi connectivity index (χ2v) is 4.02. The van der Waals surface area contributed by atoms with Crippen LogP contribution in [0.5, 0.6) is 0 Å². The third kappa shape index (κ3) is 1.60. The zero-order valence-electron chi connectivity index (χ0n) is 6.83. The van der Waals surface area contributed by atoms with Crippen molar-refractivity contribution in [1.29, 1.82) is 0 Å². The second kappa shape index (κ2) is 2.92. The largest absolute Gasteiger partial charge is 0.151 e. The van der Waals surface area contributed by atoms with Crippen LogP contribution < -0.4 is 0 Å². The lowest BCUT2D eigenvalue weighted by atomic mass is 9.97. The van der Waals surface area contributed by atoms with Gasteiger partial charge < -0.3 is 0 Å². The summed E-state index contributed by atoms with van der Waals surface area (Å²) in [6, 6.07) is 0.150. The highest BCUT2D eigenvalue weighted by Crippen LogP contribution is 2.47. The molecule has 0 aromatic rings. The van der Waals surface area contributed by atoms with E-state index in [0.29, 0.717) is 0 Å². The molecular weight excluding hydrogens is 138 g/mol. The molecule has 0 amide bonds. The topological polar surface area (TPSA) is 29.4 Å². The Bertz CT molecular complexity index is 158. The molecule has 2 heteroatoms. The van der Waals surface area contributed by atoms with Gasteiger partial charge in [-0.1, -0.05) is 18.0 Å². The first-order valence-electron chi connectivity index (χ1n) is 4.72. The van der Waals surface area contributed by atoms with Crippen LogP contribution in [0.2, 0.25) is 0 Å². The minimum absolute atomic E-state index is 0.150. The van der Waals surface area contributed by atoms with Crippen LogP contribution in [-0.2, 0) is 0 Å². The lowest BCUT2D eigenvalue weighted by Gasteiger charge is -2.11. The van der Waals surface area contributed by atoms with Crippen LogP contribution in [0.4, 0.5) is 0 Å². The van der Waals surface area contributed by atoms with Crippen molar-refractivity contribution in [3.05, 3.63) is 4.91 Å². The van der Waals surface area contributed by atoms with E-state index in [9.17, 15) is 4.91 Å².